The van der Waals surface area contributed by atoms with Crippen molar-refractivity contribution in [2.24, 2.45) is 0 Å². The molecule has 2 fully saturated rings. The smallest absolute Gasteiger partial charge is 0.246 e. The molecule has 172 valence electrons. The Kier molecular flexibility index (Phi) is 6.78. The van der Waals surface area contributed by atoms with Gasteiger partial charge in [-0.1, -0.05) is 24.3 Å². The van der Waals surface area contributed by atoms with E-state index >= 15 is 0 Å². The van der Waals surface area contributed by atoms with Crippen LogP contribution in [-0.2, 0) is 14.8 Å². The number of carbonyl (C=O) groups excluding carboxylic acids is 1. The number of benzene rings is 2. The van der Waals surface area contributed by atoms with E-state index in [-0.39, 0.29) is 29.9 Å². The molecule has 2 heterocycles. The van der Waals surface area contributed by atoms with E-state index in [4.69, 9.17) is 4.74 Å². The van der Waals surface area contributed by atoms with E-state index in [9.17, 15) is 17.6 Å². The minimum absolute atomic E-state index is 0.00616. The maximum Gasteiger partial charge on any atom is 0.246 e. The van der Waals surface area contributed by atoms with Crippen molar-refractivity contribution in [2.45, 2.75) is 23.8 Å². The van der Waals surface area contributed by atoms with Gasteiger partial charge in [0, 0.05) is 32.2 Å². The number of amides is 1. The second-order valence-electron chi connectivity index (χ2n) is 8.12. The number of methoxy groups -OCH3 is 1. The molecule has 1 atom stereocenters. The summed E-state index contributed by atoms with van der Waals surface area (Å²) in [5.74, 6) is 0.0375. The van der Waals surface area contributed by atoms with Crippen LogP contribution in [0.3, 0.4) is 0 Å². The molecule has 1 amide bonds. The highest BCUT2D eigenvalue weighted by molar-refractivity contribution is 7.89. The average molecular weight is 462 g/mol. The summed E-state index contributed by atoms with van der Waals surface area (Å²) < 4.78 is 46.0. The summed E-state index contributed by atoms with van der Waals surface area (Å²) in [5.41, 5.74) is 1.16. The van der Waals surface area contributed by atoms with Gasteiger partial charge in [-0.25, -0.2) is 12.8 Å². The summed E-state index contributed by atoms with van der Waals surface area (Å²) in [7, 11) is -2.28. The van der Waals surface area contributed by atoms with Gasteiger partial charge >= 0.3 is 0 Å². The van der Waals surface area contributed by atoms with Crippen LogP contribution in [0.2, 0.25) is 0 Å². The number of carbonyl (C=O) groups is 1. The van der Waals surface area contributed by atoms with Gasteiger partial charge in [-0.2, -0.15) is 4.31 Å². The number of piperazine rings is 1. The van der Waals surface area contributed by atoms with Crippen LogP contribution in [0, 0.1) is 5.82 Å². The molecule has 9 heteroatoms. The summed E-state index contributed by atoms with van der Waals surface area (Å²) in [4.78, 5) is 16.5. The molecule has 4 rings (SSSR count). The maximum absolute atomic E-state index is 14.0. The summed E-state index contributed by atoms with van der Waals surface area (Å²) in [6.45, 7) is 2.07. The number of likely N-dealkylation sites (tertiary alicyclic amines) is 1. The highest BCUT2D eigenvalue weighted by atomic mass is 32.2. The molecule has 2 saturated heterocycles. The van der Waals surface area contributed by atoms with Gasteiger partial charge in [-0.15, -0.1) is 0 Å². The van der Waals surface area contributed by atoms with E-state index in [1.165, 1.54) is 22.5 Å². The Morgan fingerprint density at radius 1 is 1.03 bits per heavy atom. The fraction of sp³-hybridized carbons (Fsp3) is 0.435. The van der Waals surface area contributed by atoms with Crippen molar-refractivity contribution in [2.75, 3.05) is 46.4 Å². The number of sulfonamides is 1. The normalized spacial score (nSPS) is 20.4. The van der Waals surface area contributed by atoms with E-state index in [0.29, 0.717) is 19.6 Å². The minimum atomic E-state index is -3.92. The van der Waals surface area contributed by atoms with Gasteiger partial charge < -0.3 is 9.64 Å². The van der Waals surface area contributed by atoms with Crippen LogP contribution in [0.4, 0.5) is 4.39 Å². The Morgan fingerprint density at radius 2 is 1.72 bits per heavy atom. The van der Waals surface area contributed by atoms with Crippen molar-refractivity contribution >= 4 is 15.9 Å². The number of halogens is 1. The molecule has 0 aromatic heterocycles. The van der Waals surface area contributed by atoms with Crippen LogP contribution in [0.25, 0.3) is 0 Å². The van der Waals surface area contributed by atoms with Crippen LogP contribution in [0.1, 0.15) is 24.4 Å². The zero-order valence-corrected chi connectivity index (χ0v) is 18.9. The molecular formula is C23H28FN3O4S. The van der Waals surface area contributed by atoms with Gasteiger partial charge in [0.25, 0.3) is 0 Å². The number of ether oxygens (including phenoxy) is 1. The maximum atomic E-state index is 14.0. The molecule has 2 aromatic carbocycles. The quantitative estimate of drug-likeness (QED) is 0.661. The summed E-state index contributed by atoms with van der Waals surface area (Å²) in [6, 6.07) is 13.5. The van der Waals surface area contributed by atoms with Crippen molar-refractivity contribution in [3.8, 4) is 5.75 Å². The molecule has 7 nitrogen and oxygen atoms in total. The Labute approximate surface area is 188 Å². The first-order valence-electron chi connectivity index (χ1n) is 10.8. The molecular weight excluding hydrogens is 433 g/mol. The summed E-state index contributed by atoms with van der Waals surface area (Å²) in [5, 5.41) is 0. The summed E-state index contributed by atoms with van der Waals surface area (Å²) in [6.07, 6.45) is 2.02. The Morgan fingerprint density at radius 3 is 2.38 bits per heavy atom. The van der Waals surface area contributed by atoms with E-state index in [1.807, 2.05) is 24.3 Å². The summed E-state index contributed by atoms with van der Waals surface area (Å²) >= 11 is 0. The molecule has 0 bridgehead atoms. The lowest BCUT2D eigenvalue weighted by Gasteiger charge is -2.35. The minimum Gasteiger partial charge on any atom is -0.497 e. The SMILES string of the molecule is COc1ccc([C@H]2CCCN2CC(=O)N2CCN(S(=O)(=O)c3ccccc3F)CC2)cc1. The third-order valence-electron chi connectivity index (χ3n) is 6.25. The molecule has 0 N–H and O–H groups in total. The number of rotatable bonds is 6. The zero-order valence-electron chi connectivity index (χ0n) is 18.1. The fourth-order valence-electron chi connectivity index (χ4n) is 4.46. The predicted molar refractivity (Wildman–Crippen MR) is 118 cm³/mol. The van der Waals surface area contributed by atoms with Crippen molar-refractivity contribution in [3.05, 3.63) is 59.9 Å². The Balaban J connectivity index is 1.35. The molecule has 0 spiro atoms. The molecule has 0 aliphatic carbocycles. The first-order valence-corrected chi connectivity index (χ1v) is 12.2. The lowest BCUT2D eigenvalue weighted by Crippen LogP contribution is -2.52. The van der Waals surface area contributed by atoms with Crippen LogP contribution >= 0.6 is 0 Å². The van der Waals surface area contributed by atoms with E-state index in [2.05, 4.69) is 4.90 Å². The first-order chi connectivity index (χ1) is 15.4. The van der Waals surface area contributed by atoms with Crippen molar-refractivity contribution in [1.29, 1.82) is 0 Å². The van der Waals surface area contributed by atoms with Gasteiger partial charge in [0.15, 0.2) is 0 Å². The van der Waals surface area contributed by atoms with E-state index in [1.54, 1.807) is 12.0 Å². The average Bonchev–Trinajstić information content (AvgIpc) is 3.27. The van der Waals surface area contributed by atoms with Gasteiger partial charge in [-0.05, 0) is 49.2 Å². The second kappa shape index (κ2) is 9.56. The third kappa shape index (κ3) is 4.65. The second-order valence-corrected chi connectivity index (χ2v) is 10.0. The highest BCUT2D eigenvalue weighted by Gasteiger charge is 2.33. The number of hydrogen-bond donors (Lipinski definition) is 0. The monoisotopic (exact) mass is 461 g/mol. The number of nitrogens with zero attached hydrogens (tertiary/aromatic N) is 3. The molecule has 0 radical (unpaired) electrons. The van der Waals surface area contributed by atoms with Gasteiger partial charge in [0.2, 0.25) is 15.9 Å². The van der Waals surface area contributed by atoms with E-state index in [0.717, 1.165) is 36.8 Å². The topological polar surface area (TPSA) is 70.2 Å². The molecule has 0 saturated carbocycles. The van der Waals surface area contributed by atoms with Crippen LogP contribution in [0.5, 0.6) is 5.75 Å². The van der Waals surface area contributed by atoms with Crippen molar-refractivity contribution in [3.63, 3.8) is 0 Å². The molecule has 2 aliphatic rings. The molecule has 2 aromatic rings. The Bertz CT molecular complexity index is 1050. The third-order valence-corrected chi connectivity index (χ3v) is 8.18. The zero-order chi connectivity index (χ0) is 22.7. The van der Waals surface area contributed by atoms with Crippen LogP contribution < -0.4 is 4.74 Å². The van der Waals surface area contributed by atoms with Crippen LogP contribution in [-0.4, -0.2) is 74.8 Å². The fourth-order valence-corrected chi connectivity index (χ4v) is 5.95. The number of hydrogen-bond acceptors (Lipinski definition) is 5. The van der Waals surface area contributed by atoms with Gasteiger partial charge in [0.05, 0.1) is 13.7 Å². The largest absolute Gasteiger partial charge is 0.497 e. The highest BCUT2D eigenvalue weighted by Crippen LogP contribution is 2.32. The molecule has 0 unspecified atom stereocenters. The van der Waals surface area contributed by atoms with Crippen LogP contribution in [0.15, 0.2) is 53.4 Å². The lowest BCUT2D eigenvalue weighted by molar-refractivity contribution is -0.133. The molecule has 32 heavy (non-hydrogen) atoms. The van der Waals surface area contributed by atoms with Gasteiger partial charge in [-0.3, -0.25) is 9.69 Å². The Hall–Kier alpha value is -2.49. The van der Waals surface area contributed by atoms with Crippen molar-refractivity contribution in [1.82, 2.24) is 14.1 Å². The molecule has 2 aliphatic heterocycles. The first kappa shape index (κ1) is 22.7. The standard InChI is InChI=1S/C23H28FN3O4S/c1-31-19-10-8-18(9-11-19)21-6-4-12-26(21)17-23(28)25-13-15-27(16-14-25)32(29,30)22-7-3-2-5-20(22)24/h2-3,5,7-11,21H,4,6,12-17H2,1H3/t21-/m1/s1. The van der Waals surface area contributed by atoms with Crippen molar-refractivity contribution < 1.29 is 22.3 Å². The van der Waals surface area contributed by atoms with E-state index < -0.39 is 15.8 Å². The van der Waals surface area contributed by atoms with Gasteiger partial charge in [0.1, 0.15) is 16.5 Å². The predicted octanol–water partition coefficient (Wildman–Crippen LogP) is 2.50. The lowest BCUT2D eigenvalue weighted by atomic mass is 10.0.